The minimum Gasteiger partial charge on any atom is -0.369 e. The molecule has 2 bridgehead atoms. The van der Waals surface area contributed by atoms with Gasteiger partial charge in [-0.2, -0.15) is 0 Å². The first-order valence-corrected chi connectivity index (χ1v) is 11.3. The minimum atomic E-state index is -2.65. The van der Waals surface area contributed by atoms with Crippen LogP contribution in [0.1, 0.15) is 32.8 Å². The van der Waals surface area contributed by atoms with Crippen LogP contribution in [0.15, 0.2) is 35.3 Å². The van der Waals surface area contributed by atoms with Crippen LogP contribution in [0.25, 0.3) is 0 Å². The summed E-state index contributed by atoms with van der Waals surface area (Å²) in [6, 6.07) is 11.0. The fraction of sp³-hybridized carbons (Fsp3) is 0.632. The summed E-state index contributed by atoms with van der Waals surface area (Å²) in [5.74, 6) is 0. The molecule has 5 nitrogen and oxygen atoms in total. The standard InChI is InChI=1S/C19H30N2O3Si/c1-16-13-21-14-17(2)23-25(22-16,24-18(3)15-21)11-7-10-20-12-19-8-5-4-6-9-19/h4-6,8-9,12,16-18H,7,10-11,13-15H2,1-3H3. The zero-order chi connectivity index (χ0) is 17.7. The molecule has 0 aromatic heterocycles. The molecule has 0 saturated carbocycles. The Morgan fingerprint density at radius 2 is 1.56 bits per heavy atom. The molecule has 3 saturated heterocycles. The lowest BCUT2D eigenvalue weighted by Gasteiger charge is -2.45. The van der Waals surface area contributed by atoms with Crippen molar-refractivity contribution in [3.8, 4) is 0 Å². The molecule has 3 unspecified atom stereocenters. The van der Waals surface area contributed by atoms with Gasteiger partial charge in [0.25, 0.3) is 0 Å². The number of hydrogen-bond acceptors (Lipinski definition) is 5. The van der Waals surface area contributed by atoms with Gasteiger partial charge < -0.3 is 13.3 Å². The molecule has 3 atom stereocenters. The molecular weight excluding hydrogens is 332 g/mol. The van der Waals surface area contributed by atoms with Gasteiger partial charge in [0.1, 0.15) is 0 Å². The van der Waals surface area contributed by atoms with E-state index < -0.39 is 8.80 Å². The van der Waals surface area contributed by atoms with Crippen LogP contribution in [0.2, 0.25) is 6.04 Å². The second-order valence-corrected chi connectivity index (χ2v) is 9.81. The zero-order valence-electron chi connectivity index (χ0n) is 15.6. The van der Waals surface area contributed by atoms with E-state index in [4.69, 9.17) is 13.3 Å². The van der Waals surface area contributed by atoms with Gasteiger partial charge in [-0.1, -0.05) is 30.3 Å². The van der Waals surface area contributed by atoms with E-state index in [-0.39, 0.29) is 18.3 Å². The molecular formula is C19H30N2O3Si. The topological polar surface area (TPSA) is 43.3 Å². The van der Waals surface area contributed by atoms with Crippen molar-refractivity contribution in [1.29, 1.82) is 0 Å². The first-order chi connectivity index (χ1) is 12.0. The molecule has 138 valence electrons. The van der Waals surface area contributed by atoms with E-state index in [0.717, 1.165) is 44.2 Å². The van der Waals surface area contributed by atoms with E-state index in [1.54, 1.807) is 0 Å². The fourth-order valence-corrected chi connectivity index (χ4v) is 6.88. The highest BCUT2D eigenvalue weighted by atomic mass is 28.4. The normalized spacial score (nSPS) is 36.1. The van der Waals surface area contributed by atoms with Crippen molar-refractivity contribution in [1.82, 2.24) is 4.90 Å². The number of fused-ring (bicyclic) bond motifs is 6. The molecule has 3 aliphatic rings. The molecule has 6 heteroatoms. The molecule has 0 spiro atoms. The van der Waals surface area contributed by atoms with Crippen LogP contribution >= 0.6 is 0 Å². The van der Waals surface area contributed by atoms with Crippen LogP contribution in [-0.2, 0) is 13.3 Å². The lowest BCUT2D eigenvalue weighted by atomic mass is 10.2. The van der Waals surface area contributed by atoms with Crippen molar-refractivity contribution in [3.05, 3.63) is 35.9 Å². The van der Waals surface area contributed by atoms with Gasteiger partial charge in [0.05, 0.1) is 18.3 Å². The molecule has 3 aliphatic heterocycles. The first kappa shape index (κ1) is 18.7. The summed E-state index contributed by atoms with van der Waals surface area (Å²) in [4.78, 5) is 6.94. The van der Waals surface area contributed by atoms with E-state index in [0.29, 0.717) is 0 Å². The predicted octanol–water partition coefficient (Wildman–Crippen LogP) is 2.98. The number of hydrogen-bond donors (Lipinski definition) is 0. The van der Waals surface area contributed by atoms with Crippen LogP contribution in [0, 0.1) is 0 Å². The van der Waals surface area contributed by atoms with Crippen molar-refractivity contribution >= 4 is 15.0 Å². The van der Waals surface area contributed by atoms with Crippen molar-refractivity contribution in [2.75, 3.05) is 26.2 Å². The number of nitrogens with zero attached hydrogens (tertiary/aromatic N) is 2. The van der Waals surface area contributed by atoms with Gasteiger partial charge in [-0.15, -0.1) is 0 Å². The number of rotatable bonds is 5. The highest BCUT2D eigenvalue weighted by molar-refractivity contribution is 6.60. The minimum absolute atomic E-state index is 0.152. The second-order valence-electron chi connectivity index (χ2n) is 7.24. The van der Waals surface area contributed by atoms with Gasteiger partial charge in [-0.3, -0.25) is 9.89 Å². The van der Waals surface area contributed by atoms with Crippen molar-refractivity contribution in [2.45, 2.75) is 51.5 Å². The quantitative estimate of drug-likeness (QED) is 0.459. The maximum atomic E-state index is 6.36. The van der Waals surface area contributed by atoms with Crippen LogP contribution in [-0.4, -0.2) is 64.4 Å². The van der Waals surface area contributed by atoms with Gasteiger partial charge in [-0.05, 0) is 32.8 Å². The van der Waals surface area contributed by atoms with Gasteiger partial charge in [0.15, 0.2) is 0 Å². The SMILES string of the molecule is CC1CN2CC(C)O[Si](CCCN=Cc3ccccc3)(O1)OC(C)C2. The molecule has 3 fully saturated rings. The monoisotopic (exact) mass is 362 g/mol. The molecule has 1 aromatic carbocycles. The first-order valence-electron chi connectivity index (χ1n) is 9.35. The molecule has 25 heavy (non-hydrogen) atoms. The Labute approximate surface area is 152 Å². The summed E-state index contributed by atoms with van der Waals surface area (Å²) < 4.78 is 19.1. The number of aliphatic imine (C=N–C) groups is 1. The van der Waals surface area contributed by atoms with E-state index in [2.05, 4.69) is 42.8 Å². The Morgan fingerprint density at radius 1 is 1.00 bits per heavy atom. The van der Waals surface area contributed by atoms with Gasteiger partial charge in [-0.25, -0.2) is 0 Å². The summed E-state index contributed by atoms with van der Waals surface area (Å²) in [7, 11) is -2.65. The molecule has 0 amide bonds. The van der Waals surface area contributed by atoms with Gasteiger partial charge >= 0.3 is 8.80 Å². The highest BCUT2D eigenvalue weighted by Gasteiger charge is 2.48. The van der Waals surface area contributed by atoms with Crippen LogP contribution in [0.4, 0.5) is 0 Å². The second kappa shape index (κ2) is 8.55. The molecule has 3 heterocycles. The molecule has 0 N–H and O–H groups in total. The third kappa shape index (κ3) is 5.46. The Balaban J connectivity index is 1.60. The maximum absolute atomic E-state index is 6.36. The summed E-state index contributed by atoms with van der Waals surface area (Å²) in [6.45, 7) is 10.0. The highest BCUT2D eigenvalue weighted by Crippen LogP contribution is 2.28. The largest absolute Gasteiger partial charge is 0.501 e. The van der Waals surface area contributed by atoms with E-state index in [1.165, 1.54) is 0 Å². The van der Waals surface area contributed by atoms with Crippen molar-refractivity contribution < 1.29 is 13.3 Å². The van der Waals surface area contributed by atoms with E-state index >= 15 is 0 Å². The van der Waals surface area contributed by atoms with Gasteiger partial charge in [0, 0.05) is 38.4 Å². The summed E-state index contributed by atoms with van der Waals surface area (Å²) in [5, 5.41) is 0. The average Bonchev–Trinajstić information content (AvgIpc) is 2.52. The van der Waals surface area contributed by atoms with Gasteiger partial charge in [0.2, 0.25) is 0 Å². The predicted molar refractivity (Wildman–Crippen MR) is 102 cm³/mol. The van der Waals surface area contributed by atoms with Crippen molar-refractivity contribution in [3.63, 3.8) is 0 Å². The van der Waals surface area contributed by atoms with E-state index in [9.17, 15) is 0 Å². The lowest BCUT2D eigenvalue weighted by molar-refractivity contribution is -0.0789. The molecule has 1 aromatic rings. The van der Waals surface area contributed by atoms with Crippen molar-refractivity contribution in [2.24, 2.45) is 4.99 Å². The molecule has 0 aliphatic carbocycles. The van der Waals surface area contributed by atoms with Crippen LogP contribution in [0.5, 0.6) is 0 Å². The average molecular weight is 363 g/mol. The van der Waals surface area contributed by atoms with Crippen LogP contribution < -0.4 is 0 Å². The zero-order valence-corrected chi connectivity index (χ0v) is 16.6. The Hall–Kier alpha value is -1.05. The fourth-order valence-electron chi connectivity index (χ4n) is 3.70. The number of benzene rings is 1. The Kier molecular flexibility index (Phi) is 6.41. The summed E-state index contributed by atoms with van der Waals surface area (Å²) in [6.07, 6.45) is 3.31. The third-order valence-electron chi connectivity index (χ3n) is 4.50. The Morgan fingerprint density at radius 3 is 2.12 bits per heavy atom. The van der Waals surface area contributed by atoms with Crippen LogP contribution in [0.3, 0.4) is 0 Å². The summed E-state index contributed by atoms with van der Waals surface area (Å²) >= 11 is 0. The molecule has 4 rings (SSSR count). The summed E-state index contributed by atoms with van der Waals surface area (Å²) in [5.41, 5.74) is 1.13. The Bertz CT molecular complexity index is 533. The maximum Gasteiger partial charge on any atom is 0.501 e. The molecule has 0 radical (unpaired) electrons. The van der Waals surface area contributed by atoms with E-state index in [1.807, 2.05) is 24.4 Å². The lowest BCUT2D eigenvalue weighted by Crippen LogP contribution is -2.61. The third-order valence-corrected chi connectivity index (χ3v) is 7.75. The smallest absolute Gasteiger partial charge is 0.369 e.